The van der Waals surface area contributed by atoms with Gasteiger partial charge in [-0.25, -0.2) is 0 Å². The summed E-state index contributed by atoms with van der Waals surface area (Å²) < 4.78 is 0. The van der Waals surface area contributed by atoms with Crippen molar-refractivity contribution in [1.82, 2.24) is 0 Å². The molecule has 0 aromatic heterocycles. The van der Waals surface area contributed by atoms with Crippen molar-refractivity contribution in [1.29, 1.82) is 0 Å². The first-order valence-corrected chi connectivity index (χ1v) is 2.87. The third kappa shape index (κ3) is 93.8. The third-order valence-corrected chi connectivity index (χ3v) is 0.407. The number of hydrogen-bond acceptors (Lipinski definition) is 2. The van der Waals surface area contributed by atoms with Crippen LogP contribution in [0.15, 0.2) is 0 Å². The minimum atomic E-state index is 0. The maximum absolute atomic E-state index is 9.40. The number of aliphatic hydroxyl groups is 1. The molecule has 0 bridgehead atoms. The molecule has 0 aliphatic carbocycles. The van der Waals surface area contributed by atoms with Crippen LogP contribution in [-0.2, 0) is 4.79 Å². The summed E-state index contributed by atoms with van der Waals surface area (Å²) in [5, 5.41) is 7.57. The molecule has 3 nitrogen and oxygen atoms in total. The van der Waals surface area contributed by atoms with E-state index in [4.69, 9.17) is 5.11 Å². The molecule has 3 N–H and O–H groups in total. The Balaban J connectivity index is -0.0000000800. The van der Waals surface area contributed by atoms with E-state index in [2.05, 4.69) is 0 Å². The van der Waals surface area contributed by atoms with Crippen LogP contribution in [0.25, 0.3) is 0 Å². The fourth-order valence-corrected chi connectivity index (χ4v) is 0.118. The zero-order chi connectivity index (χ0) is 6.83. The number of hydrogen-bond donors (Lipinski definition) is 1. The highest BCUT2D eigenvalue weighted by Gasteiger charge is 1.66. The predicted molar refractivity (Wildman–Crippen MR) is 37.3 cm³/mol. The molecule has 0 spiro atoms. The average molecular weight is 136 g/mol. The van der Waals surface area contributed by atoms with E-state index in [-0.39, 0.29) is 12.1 Å². The van der Waals surface area contributed by atoms with Gasteiger partial charge in [0, 0.05) is 13.0 Å². The van der Waals surface area contributed by atoms with E-state index in [9.17, 15) is 4.79 Å². The lowest BCUT2D eigenvalue weighted by Crippen LogP contribution is -1.64. The molecular formula is C6H16O3. The standard InChI is InChI=1S/C4H8O.C2H6O.H2O/c1-2-3-4-5;1-2-3;/h4H,2-3H2,1H3;3H,2H2,1H3;1H2. The van der Waals surface area contributed by atoms with E-state index < -0.39 is 0 Å². The Morgan fingerprint density at radius 2 is 1.78 bits per heavy atom. The van der Waals surface area contributed by atoms with Crippen LogP contribution in [0.2, 0.25) is 0 Å². The molecule has 0 aliphatic heterocycles. The van der Waals surface area contributed by atoms with Crippen molar-refractivity contribution in [2.24, 2.45) is 0 Å². The summed E-state index contributed by atoms with van der Waals surface area (Å²) in [6, 6.07) is 0. The second kappa shape index (κ2) is 25.6. The van der Waals surface area contributed by atoms with E-state index in [1.54, 1.807) is 6.92 Å². The highest BCUT2D eigenvalue weighted by Crippen LogP contribution is 1.74. The molecule has 0 saturated carbocycles. The molecule has 0 rings (SSSR count). The first-order chi connectivity index (χ1) is 3.83. The van der Waals surface area contributed by atoms with E-state index in [1.165, 1.54) is 0 Å². The van der Waals surface area contributed by atoms with Crippen LogP contribution < -0.4 is 0 Å². The van der Waals surface area contributed by atoms with Crippen molar-refractivity contribution in [3.8, 4) is 0 Å². The summed E-state index contributed by atoms with van der Waals surface area (Å²) in [4.78, 5) is 9.40. The number of carbonyl (C=O) groups excluding carboxylic acids is 1. The molecule has 0 aromatic rings. The van der Waals surface area contributed by atoms with Gasteiger partial charge >= 0.3 is 0 Å². The molecule has 0 atom stereocenters. The van der Waals surface area contributed by atoms with Gasteiger partial charge in [0.1, 0.15) is 6.29 Å². The monoisotopic (exact) mass is 136 g/mol. The Kier molecular flexibility index (Phi) is 45.0. The first kappa shape index (κ1) is 15.8. The predicted octanol–water partition coefficient (Wildman–Crippen LogP) is 0.159. The normalized spacial score (nSPS) is 6.11. The number of carbonyl (C=O) groups is 1. The van der Waals surface area contributed by atoms with Gasteiger partial charge in [-0.1, -0.05) is 6.92 Å². The van der Waals surface area contributed by atoms with Gasteiger partial charge in [0.05, 0.1) is 0 Å². The van der Waals surface area contributed by atoms with Gasteiger partial charge in [0.2, 0.25) is 0 Å². The largest absolute Gasteiger partial charge is 0.412 e. The van der Waals surface area contributed by atoms with Crippen molar-refractivity contribution in [2.75, 3.05) is 6.61 Å². The minimum absolute atomic E-state index is 0. The molecule has 0 saturated heterocycles. The van der Waals surface area contributed by atoms with Gasteiger partial charge in [-0.3, -0.25) is 0 Å². The summed E-state index contributed by atoms with van der Waals surface area (Å²) in [6.45, 7) is 3.91. The lowest BCUT2D eigenvalue weighted by atomic mass is 10.4. The highest BCUT2D eigenvalue weighted by molar-refractivity contribution is 5.48. The molecule has 0 aliphatic rings. The fraction of sp³-hybridized carbons (Fsp3) is 0.833. The topological polar surface area (TPSA) is 68.8 Å². The van der Waals surface area contributed by atoms with Crippen LogP contribution in [0.3, 0.4) is 0 Å². The smallest absolute Gasteiger partial charge is 0.119 e. The van der Waals surface area contributed by atoms with Crippen molar-refractivity contribution in [3.05, 3.63) is 0 Å². The number of aldehydes is 1. The van der Waals surface area contributed by atoms with Crippen LogP contribution in [0.1, 0.15) is 26.7 Å². The zero-order valence-electron chi connectivity index (χ0n) is 6.05. The Morgan fingerprint density at radius 3 is 1.78 bits per heavy atom. The van der Waals surface area contributed by atoms with Gasteiger partial charge in [-0.05, 0) is 13.3 Å². The Bertz CT molecular complexity index is 37.3. The summed E-state index contributed by atoms with van der Waals surface area (Å²) >= 11 is 0. The lowest BCUT2D eigenvalue weighted by Gasteiger charge is -1.68. The van der Waals surface area contributed by atoms with Crippen LogP contribution in [0.5, 0.6) is 0 Å². The van der Waals surface area contributed by atoms with Gasteiger partial charge in [0.15, 0.2) is 0 Å². The summed E-state index contributed by atoms with van der Waals surface area (Å²) in [7, 11) is 0. The Labute approximate surface area is 56.0 Å². The molecular weight excluding hydrogens is 120 g/mol. The van der Waals surface area contributed by atoms with Crippen LogP contribution in [-0.4, -0.2) is 23.5 Å². The van der Waals surface area contributed by atoms with Gasteiger partial charge < -0.3 is 15.4 Å². The lowest BCUT2D eigenvalue weighted by molar-refractivity contribution is -0.107. The molecule has 0 aromatic carbocycles. The Hall–Kier alpha value is -0.410. The molecule has 0 unspecified atom stereocenters. The SMILES string of the molecule is CCCC=O.CCO.O. The van der Waals surface area contributed by atoms with Gasteiger partial charge in [-0.2, -0.15) is 0 Å². The van der Waals surface area contributed by atoms with E-state index in [0.717, 1.165) is 12.7 Å². The third-order valence-electron chi connectivity index (χ3n) is 0.407. The van der Waals surface area contributed by atoms with Gasteiger partial charge in [0.25, 0.3) is 0 Å². The highest BCUT2D eigenvalue weighted by atomic mass is 16.2. The average Bonchev–Trinajstić information content (AvgIpc) is 1.71. The molecule has 0 radical (unpaired) electrons. The number of aliphatic hydroxyl groups excluding tert-OH is 1. The summed E-state index contributed by atoms with van der Waals surface area (Å²) in [5.74, 6) is 0. The zero-order valence-corrected chi connectivity index (χ0v) is 6.05. The molecule has 0 amide bonds. The maximum Gasteiger partial charge on any atom is 0.119 e. The molecule has 0 fully saturated rings. The molecule has 58 valence electrons. The van der Waals surface area contributed by atoms with E-state index in [0.29, 0.717) is 6.42 Å². The first-order valence-electron chi connectivity index (χ1n) is 2.87. The molecule has 3 heteroatoms. The quantitative estimate of drug-likeness (QED) is 0.549. The second-order valence-corrected chi connectivity index (χ2v) is 1.27. The fourth-order valence-electron chi connectivity index (χ4n) is 0.118. The molecule has 0 heterocycles. The number of rotatable bonds is 2. The minimum Gasteiger partial charge on any atom is -0.412 e. The van der Waals surface area contributed by atoms with E-state index >= 15 is 0 Å². The van der Waals surface area contributed by atoms with Gasteiger partial charge in [-0.15, -0.1) is 0 Å². The van der Waals surface area contributed by atoms with Crippen LogP contribution >= 0.6 is 0 Å². The summed E-state index contributed by atoms with van der Waals surface area (Å²) in [5.41, 5.74) is 0. The van der Waals surface area contributed by atoms with Crippen molar-refractivity contribution in [3.63, 3.8) is 0 Å². The van der Waals surface area contributed by atoms with Crippen LogP contribution in [0.4, 0.5) is 0 Å². The maximum atomic E-state index is 9.40. The summed E-state index contributed by atoms with van der Waals surface area (Å²) in [6.07, 6.45) is 2.61. The second-order valence-electron chi connectivity index (χ2n) is 1.27. The van der Waals surface area contributed by atoms with E-state index in [1.807, 2.05) is 6.92 Å². The van der Waals surface area contributed by atoms with Crippen molar-refractivity contribution in [2.45, 2.75) is 26.7 Å². The number of unbranched alkanes of at least 4 members (excludes halogenated alkanes) is 1. The Morgan fingerprint density at radius 1 is 1.44 bits per heavy atom. The van der Waals surface area contributed by atoms with Crippen molar-refractivity contribution < 1.29 is 15.4 Å². The van der Waals surface area contributed by atoms with Crippen LogP contribution in [0, 0.1) is 0 Å². The molecule has 9 heavy (non-hydrogen) atoms. The van der Waals surface area contributed by atoms with Crippen molar-refractivity contribution >= 4 is 6.29 Å².